The Kier molecular flexibility index (Phi) is 19.2. The van der Waals surface area contributed by atoms with E-state index in [1.165, 1.54) is 29.8 Å². The van der Waals surface area contributed by atoms with Gasteiger partial charge in [0, 0.05) is 43.2 Å². The van der Waals surface area contributed by atoms with Crippen LogP contribution in [0.4, 0.5) is 0 Å². The molecule has 0 aromatic carbocycles. The van der Waals surface area contributed by atoms with Gasteiger partial charge in [0.05, 0.1) is 46.1 Å². The Labute approximate surface area is 281 Å². The van der Waals surface area contributed by atoms with Crippen molar-refractivity contribution in [2.45, 2.75) is 116 Å². The van der Waals surface area contributed by atoms with Gasteiger partial charge in [-0.05, 0) is 86.8 Å². The lowest BCUT2D eigenvalue weighted by Crippen LogP contribution is -2.12. The van der Waals surface area contributed by atoms with Crippen molar-refractivity contribution in [2.75, 3.05) is 46.2 Å². The first-order chi connectivity index (χ1) is 22.9. The average molecular weight is 656 g/mol. The molecule has 3 rings (SSSR count). The first-order valence-corrected chi connectivity index (χ1v) is 17.8. The number of carboxylic acids is 1. The van der Waals surface area contributed by atoms with E-state index < -0.39 is 5.97 Å². The quantitative estimate of drug-likeness (QED) is 0.104. The molecule has 1 aliphatic rings. The molecular weight excluding hydrogens is 598 g/mol. The Hall–Kier alpha value is -2.95. The third kappa shape index (κ3) is 17.1. The number of hydrogen-bond donors (Lipinski definition) is 1. The number of rotatable bonds is 27. The number of Topliss-reactive ketones (excluding diaryl/α,β-unsaturated/α-hetero) is 1. The fourth-order valence-electron chi connectivity index (χ4n) is 5.63. The highest BCUT2D eigenvalue weighted by molar-refractivity contribution is 5.78. The van der Waals surface area contributed by atoms with Crippen molar-refractivity contribution in [2.24, 2.45) is 5.92 Å². The van der Waals surface area contributed by atoms with E-state index >= 15 is 0 Å². The standard InChI is InChI=1S/C37H57N3O7/c1-29(2)17-20-44-22-24-46-25-23-45-21-18-34(41)13-9-19-47-37-38-27-32(28-39-37)31(26-36(42)43)11-5-3-4-6-12-33-16-15-30-10-7-8-14-35(30)40-33/h15-16,27-29,31H,3-14,17-26H2,1-2H3,(H,42,43)/t31-/m0/s1. The van der Waals surface area contributed by atoms with Crippen LogP contribution in [0.15, 0.2) is 24.5 Å². The molecule has 0 saturated carbocycles. The van der Waals surface area contributed by atoms with Gasteiger partial charge in [0.15, 0.2) is 0 Å². The highest BCUT2D eigenvalue weighted by Gasteiger charge is 2.17. The molecule has 1 atom stereocenters. The number of ether oxygens (including phenoxy) is 4. The third-order valence-corrected chi connectivity index (χ3v) is 8.45. The maximum atomic E-state index is 12.1. The minimum Gasteiger partial charge on any atom is -0.481 e. The normalized spacial score (nSPS) is 13.4. The summed E-state index contributed by atoms with van der Waals surface area (Å²) in [6.45, 7) is 7.89. The number of unbranched alkanes of at least 4 members (excludes halogenated alkanes) is 3. The van der Waals surface area contributed by atoms with E-state index in [9.17, 15) is 14.7 Å². The van der Waals surface area contributed by atoms with Gasteiger partial charge >= 0.3 is 12.0 Å². The lowest BCUT2D eigenvalue weighted by molar-refractivity contribution is -0.137. The predicted molar refractivity (Wildman–Crippen MR) is 181 cm³/mol. The van der Waals surface area contributed by atoms with Crippen LogP contribution < -0.4 is 4.74 Å². The van der Waals surface area contributed by atoms with E-state index in [-0.39, 0.29) is 24.1 Å². The van der Waals surface area contributed by atoms with Gasteiger partial charge < -0.3 is 24.1 Å². The lowest BCUT2D eigenvalue weighted by atomic mass is 9.92. The van der Waals surface area contributed by atoms with Crippen molar-refractivity contribution < 1.29 is 33.6 Å². The van der Waals surface area contributed by atoms with Crippen molar-refractivity contribution in [3.8, 4) is 6.01 Å². The summed E-state index contributed by atoms with van der Waals surface area (Å²) in [5, 5.41) is 9.47. The van der Waals surface area contributed by atoms with Crippen LogP contribution in [0, 0.1) is 5.92 Å². The molecule has 1 aliphatic carbocycles. The zero-order chi connectivity index (χ0) is 33.5. The van der Waals surface area contributed by atoms with E-state index in [0.29, 0.717) is 64.8 Å². The zero-order valence-electron chi connectivity index (χ0n) is 28.8. The van der Waals surface area contributed by atoms with Gasteiger partial charge in [-0.1, -0.05) is 39.2 Å². The number of aryl methyl sites for hydroxylation is 3. The number of hydrogen-bond acceptors (Lipinski definition) is 9. The van der Waals surface area contributed by atoms with Crippen LogP contribution in [0.2, 0.25) is 0 Å². The first-order valence-electron chi connectivity index (χ1n) is 17.8. The Morgan fingerprint density at radius 1 is 0.787 bits per heavy atom. The number of nitrogens with zero attached hydrogens (tertiary/aromatic N) is 3. The fourth-order valence-corrected chi connectivity index (χ4v) is 5.63. The third-order valence-electron chi connectivity index (χ3n) is 8.45. The molecule has 0 bridgehead atoms. The van der Waals surface area contributed by atoms with Gasteiger partial charge in [-0.15, -0.1) is 0 Å². The van der Waals surface area contributed by atoms with Crippen LogP contribution >= 0.6 is 0 Å². The molecule has 10 heteroatoms. The molecule has 0 unspecified atom stereocenters. The Balaban J connectivity index is 1.22. The van der Waals surface area contributed by atoms with Crippen LogP contribution in [0.25, 0.3) is 0 Å². The number of ketones is 1. The average Bonchev–Trinajstić information content (AvgIpc) is 3.06. The van der Waals surface area contributed by atoms with Gasteiger partial charge in [0.25, 0.3) is 0 Å². The van der Waals surface area contributed by atoms with Crippen LogP contribution in [-0.4, -0.2) is 78.1 Å². The smallest absolute Gasteiger partial charge is 0.316 e. The SMILES string of the molecule is CC(C)CCOCCOCCOCCC(=O)CCCOc1ncc([C@@H](CCCCCCc2ccc3c(n2)CCCC3)CC(=O)O)cn1. The summed E-state index contributed by atoms with van der Waals surface area (Å²) in [4.78, 5) is 37.2. The largest absolute Gasteiger partial charge is 0.481 e. The summed E-state index contributed by atoms with van der Waals surface area (Å²) in [5.74, 6) is -0.197. The first kappa shape index (κ1) is 38.5. The number of pyridine rings is 1. The molecule has 0 spiro atoms. The summed E-state index contributed by atoms with van der Waals surface area (Å²) in [6.07, 6.45) is 16.5. The number of aliphatic carboxylic acids is 1. The molecule has 2 aromatic rings. The van der Waals surface area contributed by atoms with E-state index in [0.717, 1.165) is 70.0 Å². The number of carbonyl (C=O) groups is 2. The second kappa shape index (κ2) is 23.4. The minimum atomic E-state index is -0.824. The second-order valence-corrected chi connectivity index (χ2v) is 12.9. The van der Waals surface area contributed by atoms with E-state index in [1.807, 2.05) is 0 Å². The van der Waals surface area contributed by atoms with Gasteiger partial charge in [-0.3, -0.25) is 14.6 Å². The molecule has 2 aromatic heterocycles. The van der Waals surface area contributed by atoms with Gasteiger partial charge in [0.1, 0.15) is 5.78 Å². The lowest BCUT2D eigenvalue weighted by Gasteiger charge is -2.16. The second-order valence-electron chi connectivity index (χ2n) is 12.9. The van der Waals surface area contributed by atoms with Crippen LogP contribution in [-0.2, 0) is 43.1 Å². The summed E-state index contributed by atoms with van der Waals surface area (Å²) < 4.78 is 22.1. The predicted octanol–water partition coefficient (Wildman–Crippen LogP) is 6.72. The number of carbonyl (C=O) groups excluding carboxylic acids is 1. The Bertz CT molecular complexity index is 1160. The summed E-state index contributed by atoms with van der Waals surface area (Å²) >= 11 is 0. The topological polar surface area (TPSA) is 130 Å². The fraction of sp³-hybridized carbons (Fsp3) is 0.703. The number of carboxylic acid groups (broad SMARTS) is 1. The highest BCUT2D eigenvalue weighted by atomic mass is 16.5. The number of aromatic nitrogens is 3. The highest BCUT2D eigenvalue weighted by Crippen LogP contribution is 2.26. The maximum absolute atomic E-state index is 12.1. The van der Waals surface area contributed by atoms with Crippen molar-refractivity contribution in [1.82, 2.24) is 15.0 Å². The van der Waals surface area contributed by atoms with E-state index in [2.05, 4.69) is 35.9 Å². The van der Waals surface area contributed by atoms with Gasteiger partial charge in [-0.25, -0.2) is 9.97 Å². The zero-order valence-corrected chi connectivity index (χ0v) is 28.8. The molecule has 0 aliphatic heterocycles. The van der Waals surface area contributed by atoms with E-state index in [1.54, 1.807) is 12.4 Å². The van der Waals surface area contributed by atoms with Crippen molar-refractivity contribution in [1.29, 1.82) is 0 Å². The van der Waals surface area contributed by atoms with Crippen molar-refractivity contribution in [3.05, 3.63) is 47.0 Å². The Morgan fingerprint density at radius 3 is 2.23 bits per heavy atom. The van der Waals surface area contributed by atoms with Crippen molar-refractivity contribution in [3.63, 3.8) is 0 Å². The summed E-state index contributed by atoms with van der Waals surface area (Å²) in [5.41, 5.74) is 4.72. The Morgan fingerprint density at radius 2 is 1.49 bits per heavy atom. The molecule has 1 N–H and O–H groups in total. The van der Waals surface area contributed by atoms with Gasteiger partial charge in [-0.2, -0.15) is 0 Å². The summed E-state index contributed by atoms with van der Waals surface area (Å²) in [6, 6.07) is 4.68. The molecular formula is C37H57N3O7. The molecule has 47 heavy (non-hydrogen) atoms. The number of fused-ring (bicyclic) bond motifs is 1. The monoisotopic (exact) mass is 655 g/mol. The molecule has 0 fully saturated rings. The van der Waals surface area contributed by atoms with Crippen LogP contribution in [0.5, 0.6) is 6.01 Å². The molecule has 2 heterocycles. The van der Waals surface area contributed by atoms with Crippen molar-refractivity contribution >= 4 is 11.8 Å². The van der Waals surface area contributed by atoms with Crippen LogP contribution in [0.3, 0.4) is 0 Å². The molecule has 10 nitrogen and oxygen atoms in total. The van der Waals surface area contributed by atoms with Crippen LogP contribution in [0.1, 0.15) is 119 Å². The maximum Gasteiger partial charge on any atom is 0.316 e. The molecule has 0 amide bonds. The molecule has 0 radical (unpaired) electrons. The minimum absolute atomic E-state index is 0.0506. The van der Waals surface area contributed by atoms with E-state index in [4.69, 9.17) is 23.9 Å². The molecule has 0 saturated heterocycles. The molecule has 262 valence electrons. The summed E-state index contributed by atoms with van der Waals surface area (Å²) in [7, 11) is 0. The van der Waals surface area contributed by atoms with Gasteiger partial charge in [0.2, 0.25) is 0 Å².